The number of hydrogen-bond acceptors (Lipinski definition) is 2. The van der Waals surface area contributed by atoms with Gasteiger partial charge in [-0.25, -0.2) is 0 Å². The number of terminal acetylenes is 1. The molecule has 0 unspecified atom stereocenters. The Morgan fingerprint density at radius 1 is 1.53 bits per heavy atom. The fraction of sp³-hybridized carbons (Fsp3) is 0.583. The maximum Gasteiger partial charge on any atom is 0.102 e. The normalized spacial score (nSPS) is 15.3. The van der Waals surface area contributed by atoms with Crippen LogP contribution >= 0.6 is 0 Å². The van der Waals surface area contributed by atoms with E-state index in [1.54, 1.807) is 0 Å². The second kappa shape index (κ2) is 4.08. The average Bonchev–Trinajstić information content (AvgIpc) is 2.97. The van der Waals surface area contributed by atoms with Gasteiger partial charge in [0.25, 0.3) is 0 Å². The number of aromatic nitrogens is 2. The van der Waals surface area contributed by atoms with E-state index in [1.807, 2.05) is 11.6 Å². The molecule has 0 bridgehead atoms. The molecule has 1 saturated carbocycles. The first-order chi connectivity index (χ1) is 7.22. The van der Waals surface area contributed by atoms with Crippen LogP contribution in [0.25, 0.3) is 0 Å². The van der Waals surface area contributed by atoms with Gasteiger partial charge in [-0.05, 0) is 26.7 Å². The summed E-state index contributed by atoms with van der Waals surface area (Å²) in [6, 6.07) is 0.736. The van der Waals surface area contributed by atoms with Gasteiger partial charge in [0.15, 0.2) is 0 Å². The van der Waals surface area contributed by atoms with E-state index in [-0.39, 0.29) is 0 Å². The van der Waals surface area contributed by atoms with E-state index in [1.165, 1.54) is 24.1 Å². The van der Waals surface area contributed by atoms with Crippen molar-refractivity contribution in [2.45, 2.75) is 45.8 Å². The molecule has 0 spiro atoms. The SMILES string of the molecule is C#CCn1nc(C)c(CNC2CC2)c1C. The summed E-state index contributed by atoms with van der Waals surface area (Å²) in [5.74, 6) is 2.62. The highest BCUT2D eigenvalue weighted by Crippen LogP contribution is 2.20. The van der Waals surface area contributed by atoms with Crippen LogP contribution in [0.5, 0.6) is 0 Å². The van der Waals surface area contributed by atoms with Gasteiger partial charge in [0.05, 0.1) is 5.69 Å². The minimum Gasteiger partial charge on any atom is -0.310 e. The quantitative estimate of drug-likeness (QED) is 0.749. The summed E-state index contributed by atoms with van der Waals surface area (Å²) in [7, 11) is 0. The van der Waals surface area contributed by atoms with Crippen molar-refractivity contribution in [3.05, 3.63) is 17.0 Å². The third-order valence-corrected chi connectivity index (χ3v) is 2.92. The summed E-state index contributed by atoms with van der Waals surface area (Å²) in [6.45, 7) is 5.62. The van der Waals surface area contributed by atoms with Crippen LogP contribution < -0.4 is 5.32 Å². The highest BCUT2D eigenvalue weighted by molar-refractivity contribution is 5.25. The number of nitrogens with zero attached hydrogens (tertiary/aromatic N) is 2. The molecule has 0 atom stereocenters. The van der Waals surface area contributed by atoms with Gasteiger partial charge in [-0.15, -0.1) is 6.42 Å². The van der Waals surface area contributed by atoms with Gasteiger partial charge < -0.3 is 5.32 Å². The van der Waals surface area contributed by atoms with E-state index < -0.39 is 0 Å². The van der Waals surface area contributed by atoms with Crippen LogP contribution in [-0.2, 0) is 13.1 Å². The first-order valence-electron chi connectivity index (χ1n) is 5.42. The molecular weight excluding hydrogens is 186 g/mol. The van der Waals surface area contributed by atoms with Gasteiger partial charge in [-0.3, -0.25) is 4.68 Å². The standard InChI is InChI=1S/C12H17N3/c1-4-7-15-10(3)12(9(2)14-15)8-13-11-5-6-11/h1,11,13H,5-8H2,2-3H3. The number of aryl methyl sites for hydroxylation is 1. The van der Waals surface area contributed by atoms with Crippen molar-refractivity contribution in [2.24, 2.45) is 0 Å². The molecule has 0 aromatic carbocycles. The fourth-order valence-corrected chi connectivity index (χ4v) is 1.76. The van der Waals surface area contributed by atoms with Crippen molar-refractivity contribution < 1.29 is 0 Å². The molecule has 3 heteroatoms. The molecule has 0 amide bonds. The lowest BCUT2D eigenvalue weighted by atomic mass is 10.2. The number of hydrogen-bond donors (Lipinski definition) is 1. The van der Waals surface area contributed by atoms with Gasteiger partial charge in [0.2, 0.25) is 0 Å². The molecule has 3 nitrogen and oxygen atoms in total. The van der Waals surface area contributed by atoms with Gasteiger partial charge >= 0.3 is 0 Å². The van der Waals surface area contributed by atoms with Crippen LogP contribution in [0.2, 0.25) is 0 Å². The summed E-state index contributed by atoms with van der Waals surface area (Å²) >= 11 is 0. The van der Waals surface area contributed by atoms with E-state index in [4.69, 9.17) is 6.42 Å². The Kier molecular flexibility index (Phi) is 2.79. The van der Waals surface area contributed by atoms with Crippen LogP contribution in [0.15, 0.2) is 0 Å². The van der Waals surface area contributed by atoms with E-state index >= 15 is 0 Å². The molecule has 80 valence electrons. The topological polar surface area (TPSA) is 29.9 Å². The first kappa shape index (κ1) is 10.3. The molecule has 1 N–H and O–H groups in total. The lowest BCUT2D eigenvalue weighted by Gasteiger charge is -2.03. The largest absolute Gasteiger partial charge is 0.310 e. The van der Waals surface area contributed by atoms with Crippen molar-refractivity contribution in [1.29, 1.82) is 0 Å². The Morgan fingerprint density at radius 2 is 2.27 bits per heavy atom. The van der Waals surface area contributed by atoms with Crippen molar-refractivity contribution in [3.8, 4) is 12.3 Å². The van der Waals surface area contributed by atoms with Gasteiger partial charge in [-0.2, -0.15) is 5.10 Å². The summed E-state index contributed by atoms with van der Waals surface area (Å²) in [5.41, 5.74) is 3.59. The zero-order chi connectivity index (χ0) is 10.8. The molecule has 1 aliphatic carbocycles. The molecule has 1 aromatic heterocycles. The van der Waals surface area contributed by atoms with Crippen molar-refractivity contribution in [3.63, 3.8) is 0 Å². The van der Waals surface area contributed by atoms with Crippen LogP contribution in [-0.4, -0.2) is 15.8 Å². The Morgan fingerprint density at radius 3 is 2.87 bits per heavy atom. The predicted molar refractivity (Wildman–Crippen MR) is 60.4 cm³/mol. The molecule has 0 radical (unpaired) electrons. The summed E-state index contributed by atoms with van der Waals surface area (Å²) in [5, 5.41) is 7.94. The second-order valence-corrected chi connectivity index (χ2v) is 4.17. The maximum absolute atomic E-state index is 5.29. The Labute approximate surface area is 90.9 Å². The van der Waals surface area contributed by atoms with Gasteiger partial charge in [0, 0.05) is 23.8 Å². The second-order valence-electron chi connectivity index (χ2n) is 4.17. The summed E-state index contributed by atoms with van der Waals surface area (Å²) in [4.78, 5) is 0. The van der Waals surface area contributed by atoms with E-state index in [0.29, 0.717) is 6.54 Å². The smallest absolute Gasteiger partial charge is 0.102 e. The fourth-order valence-electron chi connectivity index (χ4n) is 1.76. The van der Waals surface area contributed by atoms with E-state index in [0.717, 1.165) is 18.3 Å². The van der Waals surface area contributed by atoms with E-state index in [2.05, 4.69) is 23.3 Å². The van der Waals surface area contributed by atoms with Crippen molar-refractivity contribution >= 4 is 0 Å². The molecule has 2 rings (SSSR count). The van der Waals surface area contributed by atoms with Crippen LogP contribution in [0, 0.1) is 26.2 Å². The lowest BCUT2D eigenvalue weighted by molar-refractivity contribution is 0.669. The van der Waals surface area contributed by atoms with Crippen molar-refractivity contribution in [2.75, 3.05) is 0 Å². The molecule has 1 heterocycles. The van der Waals surface area contributed by atoms with Crippen LogP contribution in [0.1, 0.15) is 29.8 Å². The molecule has 1 aliphatic rings. The van der Waals surface area contributed by atoms with Crippen LogP contribution in [0.3, 0.4) is 0 Å². The van der Waals surface area contributed by atoms with Gasteiger partial charge in [0.1, 0.15) is 6.54 Å². The Hall–Kier alpha value is -1.27. The monoisotopic (exact) mass is 203 g/mol. The molecule has 15 heavy (non-hydrogen) atoms. The molecule has 0 aliphatic heterocycles. The summed E-state index contributed by atoms with van der Waals surface area (Å²) < 4.78 is 1.90. The molecular formula is C12H17N3. The lowest BCUT2D eigenvalue weighted by Crippen LogP contribution is -2.16. The van der Waals surface area contributed by atoms with E-state index in [9.17, 15) is 0 Å². The zero-order valence-electron chi connectivity index (χ0n) is 9.38. The Balaban J connectivity index is 2.10. The number of rotatable bonds is 4. The van der Waals surface area contributed by atoms with Crippen LogP contribution in [0.4, 0.5) is 0 Å². The molecule has 1 fully saturated rings. The number of nitrogens with one attached hydrogen (secondary N) is 1. The zero-order valence-corrected chi connectivity index (χ0v) is 9.38. The highest BCUT2D eigenvalue weighted by atomic mass is 15.3. The average molecular weight is 203 g/mol. The van der Waals surface area contributed by atoms with Crippen molar-refractivity contribution in [1.82, 2.24) is 15.1 Å². The minimum absolute atomic E-state index is 0.566. The third-order valence-electron chi connectivity index (χ3n) is 2.92. The summed E-state index contributed by atoms with van der Waals surface area (Å²) in [6.07, 6.45) is 7.93. The molecule has 1 aromatic rings. The predicted octanol–water partition coefficient (Wildman–Crippen LogP) is 1.39. The third kappa shape index (κ3) is 2.21. The minimum atomic E-state index is 0.566. The maximum atomic E-state index is 5.29. The highest BCUT2D eigenvalue weighted by Gasteiger charge is 2.21. The molecule has 0 saturated heterocycles. The first-order valence-corrected chi connectivity index (χ1v) is 5.42. The van der Waals surface area contributed by atoms with Gasteiger partial charge in [-0.1, -0.05) is 5.92 Å². The Bertz CT molecular complexity index is 394.